The van der Waals surface area contributed by atoms with Crippen LogP contribution in [0, 0.1) is 0 Å². The molecule has 2 aromatic carbocycles. The molecule has 7 nitrogen and oxygen atoms in total. The molecule has 0 radical (unpaired) electrons. The van der Waals surface area contributed by atoms with E-state index >= 15 is 0 Å². The van der Waals surface area contributed by atoms with E-state index in [9.17, 15) is 18.0 Å². The maximum atomic E-state index is 13.0. The second-order valence-corrected chi connectivity index (χ2v) is 10.1. The maximum absolute atomic E-state index is 13.0. The van der Waals surface area contributed by atoms with Crippen LogP contribution >= 0.6 is 23.1 Å². The molecule has 0 aliphatic carbocycles. The highest BCUT2D eigenvalue weighted by molar-refractivity contribution is 7.99. The molecule has 0 aliphatic rings. The van der Waals surface area contributed by atoms with Crippen LogP contribution < -0.4 is 5.32 Å². The van der Waals surface area contributed by atoms with Crippen molar-refractivity contribution in [2.75, 3.05) is 11.1 Å². The zero-order valence-electron chi connectivity index (χ0n) is 19.2. The summed E-state index contributed by atoms with van der Waals surface area (Å²) in [6, 6.07) is 13.0. The van der Waals surface area contributed by atoms with Crippen LogP contribution in [0.25, 0.3) is 22.1 Å². The number of hydrogen-bond acceptors (Lipinski definition) is 7. The quantitative estimate of drug-likeness (QED) is 0.193. The Morgan fingerprint density at radius 3 is 2.81 bits per heavy atom. The summed E-state index contributed by atoms with van der Waals surface area (Å²) in [5.41, 5.74) is 2.14. The van der Waals surface area contributed by atoms with Crippen molar-refractivity contribution in [1.82, 2.24) is 24.7 Å². The Bertz CT molecular complexity index is 1610. The Hall–Kier alpha value is -3.77. The van der Waals surface area contributed by atoms with Crippen LogP contribution in [0.5, 0.6) is 0 Å². The van der Waals surface area contributed by atoms with Crippen LogP contribution in [0.4, 0.5) is 18.3 Å². The molecule has 37 heavy (non-hydrogen) atoms. The average Bonchev–Trinajstić information content (AvgIpc) is 3.44. The first kappa shape index (κ1) is 24.9. The molecule has 5 aromatic rings. The van der Waals surface area contributed by atoms with E-state index in [2.05, 4.69) is 32.1 Å². The Labute approximate surface area is 217 Å². The van der Waals surface area contributed by atoms with Gasteiger partial charge in [0, 0.05) is 29.4 Å². The molecule has 0 saturated heterocycles. The van der Waals surface area contributed by atoms with Crippen LogP contribution in [0.15, 0.2) is 72.5 Å². The van der Waals surface area contributed by atoms with Crippen molar-refractivity contribution in [3.8, 4) is 0 Å². The van der Waals surface area contributed by atoms with Gasteiger partial charge in [-0.2, -0.15) is 13.2 Å². The predicted octanol–water partition coefficient (Wildman–Crippen LogP) is 5.96. The number of thiazole rings is 1. The van der Waals surface area contributed by atoms with Gasteiger partial charge in [0.25, 0.3) is 0 Å². The first-order chi connectivity index (χ1) is 17.8. The third kappa shape index (κ3) is 5.49. The molecule has 0 spiro atoms. The summed E-state index contributed by atoms with van der Waals surface area (Å²) in [7, 11) is 0. The summed E-state index contributed by atoms with van der Waals surface area (Å²) in [6.07, 6.45) is -0.784. The lowest BCUT2D eigenvalue weighted by molar-refractivity contribution is -0.137. The zero-order valence-corrected chi connectivity index (χ0v) is 20.8. The largest absolute Gasteiger partial charge is 0.416 e. The van der Waals surface area contributed by atoms with Gasteiger partial charge in [0.05, 0.1) is 16.8 Å². The van der Waals surface area contributed by atoms with Gasteiger partial charge in [-0.25, -0.2) is 9.97 Å². The average molecular weight is 541 g/mol. The van der Waals surface area contributed by atoms with Crippen molar-refractivity contribution in [3.63, 3.8) is 0 Å². The Morgan fingerprint density at radius 2 is 2.00 bits per heavy atom. The number of amides is 1. The van der Waals surface area contributed by atoms with E-state index in [4.69, 9.17) is 0 Å². The molecule has 1 N–H and O–H groups in total. The number of alkyl halides is 3. The Kier molecular flexibility index (Phi) is 6.94. The lowest BCUT2D eigenvalue weighted by atomic mass is 10.1. The Morgan fingerprint density at radius 1 is 1.16 bits per heavy atom. The van der Waals surface area contributed by atoms with Crippen LogP contribution in [-0.2, 0) is 23.9 Å². The zero-order chi connectivity index (χ0) is 26.0. The molecule has 0 unspecified atom stereocenters. The molecule has 3 heterocycles. The summed E-state index contributed by atoms with van der Waals surface area (Å²) in [5, 5.41) is 12.9. The monoisotopic (exact) mass is 540 g/mol. The summed E-state index contributed by atoms with van der Waals surface area (Å²) < 4.78 is 40.9. The number of anilines is 1. The Balaban J connectivity index is 1.23. The number of nitrogens with zero attached hydrogens (tertiary/aromatic N) is 5. The number of aromatic nitrogens is 5. The number of thioether (sulfide) groups is 1. The van der Waals surface area contributed by atoms with Crippen LogP contribution in [0.1, 0.15) is 16.0 Å². The van der Waals surface area contributed by atoms with E-state index in [1.807, 2.05) is 28.8 Å². The number of rotatable bonds is 8. The van der Waals surface area contributed by atoms with Crippen molar-refractivity contribution in [3.05, 3.63) is 83.4 Å². The summed E-state index contributed by atoms with van der Waals surface area (Å²) in [4.78, 5) is 22.0. The van der Waals surface area contributed by atoms with Gasteiger partial charge in [-0.05, 0) is 17.7 Å². The first-order valence-electron chi connectivity index (χ1n) is 11.1. The maximum Gasteiger partial charge on any atom is 0.416 e. The van der Waals surface area contributed by atoms with Crippen LogP contribution in [0.2, 0.25) is 0 Å². The lowest BCUT2D eigenvalue weighted by Gasteiger charge is -2.07. The van der Waals surface area contributed by atoms with Gasteiger partial charge in [0.1, 0.15) is 5.52 Å². The molecule has 0 atom stereocenters. The molecule has 12 heteroatoms. The highest BCUT2D eigenvalue weighted by Crippen LogP contribution is 2.31. The van der Waals surface area contributed by atoms with Crippen molar-refractivity contribution in [1.29, 1.82) is 0 Å². The van der Waals surface area contributed by atoms with E-state index in [1.54, 1.807) is 18.3 Å². The number of carbonyl (C=O) groups is 1. The lowest BCUT2D eigenvalue weighted by Crippen LogP contribution is -2.14. The molecule has 0 fully saturated rings. The highest BCUT2D eigenvalue weighted by Gasteiger charge is 2.30. The number of allylic oxidation sites excluding steroid dienone is 1. The number of halogens is 3. The fraction of sp³-hybridized carbons (Fsp3) is 0.160. The van der Waals surface area contributed by atoms with Crippen LogP contribution in [-0.4, -0.2) is 36.4 Å². The minimum atomic E-state index is -4.40. The fourth-order valence-electron chi connectivity index (χ4n) is 3.86. The topological polar surface area (TPSA) is 85.6 Å². The molecule has 0 bridgehead atoms. The third-order valence-electron chi connectivity index (χ3n) is 5.43. The van der Waals surface area contributed by atoms with E-state index in [1.165, 1.54) is 17.4 Å². The highest BCUT2D eigenvalue weighted by atomic mass is 32.2. The standard InChI is InChI=1S/C25H19F3N6OS2/c1-2-10-34-19-9-4-3-8-18(19)21-22(34)31-24(33-32-21)36-14-20(35)30-23-29-13-17(37-23)12-15-6-5-7-16(11-15)25(26,27)28/h2-9,11,13H,1,10,12,14H2,(H,29,30,35). The second-order valence-electron chi connectivity index (χ2n) is 8.03. The van der Waals surface area contributed by atoms with Gasteiger partial charge < -0.3 is 9.88 Å². The number of para-hydroxylation sites is 1. The molecule has 5 rings (SSSR count). The van der Waals surface area contributed by atoms with Crippen LogP contribution in [0.3, 0.4) is 0 Å². The number of fused-ring (bicyclic) bond motifs is 3. The van der Waals surface area contributed by atoms with E-state index in [0.717, 1.165) is 39.7 Å². The fourth-order valence-corrected chi connectivity index (χ4v) is 5.30. The molecular weight excluding hydrogens is 521 g/mol. The minimum absolute atomic E-state index is 0.0391. The van der Waals surface area contributed by atoms with Crippen molar-refractivity contribution in [2.45, 2.75) is 24.3 Å². The number of nitrogens with one attached hydrogen (secondary N) is 1. The predicted molar refractivity (Wildman–Crippen MR) is 139 cm³/mol. The van der Waals surface area contributed by atoms with Gasteiger partial charge in [0.2, 0.25) is 11.1 Å². The third-order valence-corrected chi connectivity index (χ3v) is 7.18. The normalized spacial score (nSPS) is 11.8. The van der Waals surface area contributed by atoms with E-state index in [0.29, 0.717) is 33.6 Å². The molecule has 1 amide bonds. The molecule has 3 aromatic heterocycles. The summed E-state index contributed by atoms with van der Waals surface area (Å²) >= 11 is 2.36. The molecular formula is C25H19F3N6OS2. The summed E-state index contributed by atoms with van der Waals surface area (Å²) in [5.74, 6) is -0.266. The number of benzene rings is 2. The van der Waals surface area contributed by atoms with Gasteiger partial charge in [-0.1, -0.05) is 54.2 Å². The van der Waals surface area contributed by atoms with Gasteiger partial charge in [0.15, 0.2) is 10.8 Å². The van der Waals surface area contributed by atoms with Crippen molar-refractivity contribution in [2.24, 2.45) is 0 Å². The van der Waals surface area contributed by atoms with Gasteiger partial charge in [-0.3, -0.25) is 4.79 Å². The molecule has 0 saturated carbocycles. The second kappa shape index (κ2) is 10.3. The van der Waals surface area contributed by atoms with Crippen molar-refractivity contribution >= 4 is 56.2 Å². The van der Waals surface area contributed by atoms with E-state index < -0.39 is 11.7 Å². The molecule has 188 valence electrons. The SMILES string of the molecule is C=CCn1c2ccccc2c2nnc(SCC(=O)Nc3ncc(Cc4cccc(C(F)(F)F)c4)s3)nc21. The minimum Gasteiger partial charge on any atom is -0.320 e. The van der Waals surface area contributed by atoms with Gasteiger partial charge >= 0.3 is 6.18 Å². The number of hydrogen-bond donors (Lipinski definition) is 1. The molecule has 0 aliphatic heterocycles. The van der Waals surface area contributed by atoms with E-state index in [-0.39, 0.29) is 18.1 Å². The summed E-state index contributed by atoms with van der Waals surface area (Å²) in [6.45, 7) is 4.37. The first-order valence-corrected chi connectivity index (χ1v) is 12.9. The number of carbonyl (C=O) groups excluding carboxylic acids is 1. The van der Waals surface area contributed by atoms with Crippen molar-refractivity contribution < 1.29 is 18.0 Å². The smallest absolute Gasteiger partial charge is 0.320 e. The van der Waals surface area contributed by atoms with Gasteiger partial charge in [-0.15, -0.1) is 28.1 Å².